The van der Waals surface area contributed by atoms with Crippen LogP contribution in [0.4, 0.5) is 0 Å². The summed E-state index contributed by atoms with van der Waals surface area (Å²) in [5.41, 5.74) is 0. The third-order valence-corrected chi connectivity index (χ3v) is 2.91. The highest BCUT2D eigenvalue weighted by molar-refractivity contribution is 6.03. The normalized spacial score (nSPS) is 28.9. The first kappa shape index (κ1) is 10.6. The molecule has 2 saturated heterocycles. The molecule has 0 spiro atoms. The van der Waals surface area contributed by atoms with Crippen molar-refractivity contribution < 1.29 is 14.3 Å². The Morgan fingerprint density at radius 2 is 2.00 bits per heavy atom. The quantitative estimate of drug-likeness (QED) is 0.588. The first-order valence-corrected chi connectivity index (χ1v) is 5.33. The van der Waals surface area contributed by atoms with Crippen molar-refractivity contribution in [1.82, 2.24) is 9.80 Å². The van der Waals surface area contributed by atoms with Crippen LogP contribution in [0, 0.1) is 5.92 Å². The van der Waals surface area contributed by atoms with E-state index in [0.717, 1.165) is 13.1 Å². The van der Waals surface area contributed by atoms with E-state index in [2.05, 4.69) is 4.90 Å². The SMILES string of the molecule is CC1CC(=O)N(CN2CCOCC2)C1=O. The van der Waals surface area contributed by atoms with Gasteiger partial charge in [0.15, 0.2) is 0 Å². The van der Waals surface area contributed by atoms with E-state index in [1.165, 1.54) is 4.90 Å². The third kappa shape index (κ3) is 2.18. The molecule has 1 atom stereocenters. The van der Waals surface area contributed by atoms with Crippen LogP contribution in [0.25, 0.3) is 0 Å². The van der Waals surface area contributed by atoms with E-state index in [1.807, 2.05) is 0 Å². The zero-order valence-electron chi connectivity index (χ0n) is 8.94. The maximum absolute atomic E-state index is 11.6. The fraction of sp³-hybridized carbons (Fsp3) is 0.800. The number of likely N-dealkylation sites (tertiary alicyclic amines) is 1. The molecule has 0 saturated carbocycles. The van der Waals surface area contributed by atoms with Gasteiger partial charge in [0, 0.05) is 25.4 Å². The van der Waals surface area contributed by atoms with Gasteiger partial charge in [-0.1, -0.05) is 6.92 Å². The summed E-state index contributed by atoms with van der Waals surface area (Å²) in [6, 6.07) is 0. The Labute approximate surface area is 89.0 Å². The Bertz CT molecular complexity index is 274. The number of morpholine rings is 1. The summed E-state index contributed by atoms with van der Waals surface area (Å²) >= 11 is 0. The van der Waals surface area contributed by atoms with Gasteiger partial charge in [0.1, 0.15) is 0 Å². The molecular formula is C10H16N2O3. The predicted octanol–water partition coefficient (Wildman–Crippen LogP) is -0.329. The van der Waals surface area contributed by atoms with Gasteiger partial charge in [0.2, 0.25) is 11.8 Å². The monoisotopic (exact) mass is 212 g/mol. The van der Waals surface area contributed by atoms with E-state index in [-0.39, 0.29) is 17.7 Å². The molecule has 0 N–H and O–H groups in total. The molecule has 84 valence electrons. The lowest BCUT2D eigenvalue weighted by molar-refractivity contribution is -0.142. The van der Waals surface area contributed by atoms with Crippen LogP contribution < -0.4 is 0 Å². The zero-order valence-corrected chi connectivity index (χ0v) is 8.94. The van der Waals surface area contributed by atoms with Crippen molar-refractivity contribution in [3.05, 3.63) is 0 Å². The average Bonchev–Trinajstić information content (AvgIpc) is 2.47. The van der Waals surface area contributed by atoms with Gasteiger partial charge in [0.05, 0.1) is 19.9 Å². The Kier molecular flexibility index (Phi) is 3.02. The Balaban J connectivity index is 1.93. The lowest BCUT2D eigenvalue weighted by Gasteiger charge is -2.29. The number of nitrogens with zero attached hydrogens (tertiary/aromatic N) is 2. The van der Waals surface area contributed by atoms with Crippen LogP contribution in [-0.2, 0) is 14.3 Å². The molecule has 1 unspecified atom stereocenters. The zero-order chi connectivity index (χ0) is 10.8. The topological polar surface area (TPSA) is 49.9 Å². The van der Waals surface area contributed by atoms with Gasteiger partial charge in [-0.3, -0.25) is 19.4 Å². The number of hydrogen-bond donors (Lipinski definition) is 0. The molecular weight excluding hydrogens is 196 g/mol. The van der Waals surface area contributed by atoms with Crippen molar-refractivity contribution in [3.8, 4) is 0 Å². The molecule has 0 aromatic rings. The number of ether oxygens (including phenoxy) is 1. The van der Waals surface area contributed by atoms with Crippen LogP contribution in [-0.4, -0.2) is 54.6 Å². The van der Waals surface area contributed by atoms with Crippen LogP contribution in [0.2, 0.25) is 0 Å². The minimum Gasteiger partial charge on any atom is -0.379 e. The molecule has 15 heavy (non-hydrogen) atoms. The lowest BCUT2D eigenvalue weighted by atomic mass is 10.1. The second-order valence-corrected chi connectivity index (χ2v) is 4.14. The van der Waals surface area contributed by atoms with Gasteiger partial charge in [-0.15, -0.1) is 0 Å². The first-order valence-electron chi connectivity index (χ1n) is 5.33. The number of amides is 2. The van der Waals surface area contributed by atoms with Crippen molar-refractivity contribution in [2.45, 2.75) is 13.3 Å². The average molecular weight is 212 g/mol. The third-order valence-electron chi connectivity index (χ3n) is 2.91. The molecule has 2 aliphatic rings. The van der Waals surface area contributed by atoms with Crippen LogP contribution in [0.15, 0.2) is 0 Å². The fourth-order valence-corrected chi connectivity index (χ4v) is 1.94. The van der Waals surface area contributed by atoms with Gasteiger partial charge < -0.3 is 4.74 Å². The molecule has 2 rings (SSSR count). The summed E-state index contributed by atoms with van der Waals surface area (Å²) in [7, 11) is 0. The Morgan fingerprint density at radius 1 is 1.33 bits per heavy atom. The fourth-order valence-electron chi connectivity index (χ4n) is 1.94. The van der Waals surface area contributed by atoms with Crippen LogP contribution >= 0.6 is 0 Å². The Hall–Kier alpha value is -0.940. The minimum absolute atomic E-state index is 0.0357. The number of carbonyl (C=O) groups is 2. The highest BCUT2D eigenvalue weighted by Gasteiger charge is 2.36. The minimum atomic E-state index is -0.140. The molecule has 0 aromatic heterocycles. The van der Waals surface area contributed by atoms with Gasteiger partial charge in [0.25, 0.3) is 0 Å². The van der Waals surface area contributed by atoms with Crippen LogP contribution in [0.5, 0.6) is 0 Å². The maximum Gasteiger partial charge on any atom is 0.233 e. The Morgan fingerprint density at radius 3 is 2.53 bits per heavy atom. The number of rotatable bonds is 2. The molecule has 2 amide bonds. The van der Waals surface area contributed by atoms with E-state index < -0.39 is 0 Å². The van der Waals surface area contributed by atoms with Crippen molar-refractivity contribution in [3.63, 3.8) is 0 Å². The van der Waals surface area contributed by atoms with E-state index in [4.69, 9.17) is 4.74 Å². The summed E-state index contributed by atoms with van der Waals surface area (Å²) in [4.78, 5) is 26.6. The molecule has 2 heterocycles. The second kappa shape index (κ2) is 4.28. The summed E-state index contributed by atoms with van der Waals surface area (Å²) < 4.78 is 5.21. The molecule has 2 aliphatic heterocycles. The van der Waals surface area contributed by atoms with E-state index in [0.29, 0.717) is 26.3 Å². The lowest BCUT2D eigenvalue weighted by Crippen LogP contribution is -2.46. The maximum atomic E-state index is 11.6. The van der Waals surface area contributed by atoms with E-state index in [9.17, 15) is 9.59 Å². The molecule has 0 aliphatic carbocycles. The molecule has 5 heteroatoms. The smallest absolute Gasteiger partial charge is 0.233 e. The molecule has 0 bridgehead atoms. The predicted molar refractivity (Wildman–Crippen MR) is 52.9 cm³/mol. The van der Waals surface area contributed by atoms with Crippen molar-refractivity contribution in [2.75, 3.05) is 33.0 Å². The van der Waals surface area contributed by atoms with E-state index >= 15 is 0 Å². The van der Waals surface area contributed by atoms with E-state index in [1.54, 1.807) is 6.92 Å². The number of imide groups is 1. The molecule has 0 radical (unpaired) electrons. The van der Waals surface area contributed by atoms with Crippen LogP contribution in [0.3, 0.4) is 0 Å². The first-order chi connectivity index (χ1) is 7.18. The van der Waals surface area contributed by atoms with Crippen molar-refractivity contribution in [2.24, 2.45) is 5.92 Å². The summed E-state index contributed by atoms with van der Waals surface area (Å²) in [6.07, 6.45) is 0.364. The summed E-state index contributed by atoms with van der Waals surface area (Å²) in [5.74, 6) is -0.218. The number of carbonyl (C=O) groups excluding carboxylic acids is 2. The van der Waals surface area contributed by atoms with Gasteiger partial charge >= 0.3 is 0 Å². The number of hydrogen-bond acceptors (Lipinski definition) is 4. The summed E-state index contributed by atoms with van der Waals surface area (Å²) in [5, 5.41) is 0. The van der Waals surface area contributed by atoms with Crippen molar-refractivity contribution in [1.29, 1.82) is 0 Å². The highest BCUT2D eigenvalue weighted by atomic mass is 16.5. The second-order valence-electron chi connectivity index (χ2n) is 4.14. The molecule has 0 aromatic carbocycles. The van der Waals surface area contributed by atoms with Crippen LogP contribution in [0.1, 0.15) is 13.3 Å². The largest absolute Gasteiger partial charge is 0.379 e. The van der Waals surface area contributed by atoms with Crippen molar-refractivity contribution >= 4 is 11.8 Å². The van der Waals surface area contributed by atoms with Gasteiger partial charge in [-0.2, -0.15) is 0 Å². The molecule has 2 fully saturated rings. The standard InChI is InChI=1S/C10H16N2O3/c1-8-6-9(13)12(10(8)14)7-11-2-4-15-5-3-11/h8H,2-7H2,1H3. The highest BCUT2D eigenvalue weighted by Crippen LogP contribution is 2.19. The van der Waals surface area contributed by atoms with Gasteiger partial charge in [-0.05, 0) is 0 Å². The summed E-state index contributed by atoms with van der Waals surface area (Å²) in [6.45, 7) is 5.21. The molecule has 5 nitrogen and oxygen atoms in total. The van der Waals surface area contributed by atoms with Gasteiger partial charge in [-0.25, -0.2) is 0 Å².